The van der Waals surface area contributed by atoms with Crippen LogP contribution in [0.15, 0.2) is 4.99 Å². The molecule has 0 amide bonds. The van der Waals surface area contributed by atoms with Crippen molar-refractivity contribution >= 4 is 6.08 Å². The molecule has 4 heteroatoms. The van der Waals surface area contributed by atoms with Crippen LogP contribution in [0, 0.1) is 0 Å². The second kappa shape index (κ2) is 3.35. The fourth-order valence-electron chi connectivity index (χ4n) is 0.782. The Morgan fingerprint density at radius 3 is 2.67 bits per heavy atom. The van der Waals surface area contributed by atoms with Gasteiger partial charge in [-0.05, 0) is 19.5 Å². The number of nitrogens with one attached hydrogen (secondary N) is 2. The molecule has 50 valence electrons. The second-order valence-electron chi connectivity index (χ2n) is 1.88. The van der Waals surface area contributed by atoms with Crippen molar-refractivity contribution in [2.75, 3.05) is 13.1 Å². The zero-order valence-electron chi connectivity index (χ0n) is 5.05. The van der Waals surface area contributed by atoms with Gasteiger partial charge in [0.15, 0.2) is 6.29 Å². The zero-order valence-corrected chi connectivity index (χ0v) is 5.05. The Morgan fingerprint density at radius 2 is 2.11 bits per heavy atom. The number of aliphatic imine (C=N–C) groups is 1. The van der Waals surface area contributed by atoms with E-state index >= 15 is 0 Å². The van der Waals surface area contributed by atoms with Gasteiger partial charge in [0.1, 0.15) is 0 Å². The molecule has 2 N–H and O–H groups in total. The van der Waals surface area contributed by atoms with Gasteiger partial charge in [-0.15, -0.1) is 0 Å². The summed E-state index contributed by atoms with van der Waals surface area (Å²) < 4.78 is 0. The van der Waals surface area contributed by atoms with E-state index in [1.807, 2.05) is 0 Å². The molecule has 0 aromatic rings. The summed E-state index contributed by atoms with van der Waals surface area (Å²) in [5, 5.41) is 5.96. The van der Waals surface area contributed by atoms with Gasteiger partial charge in [-0.1, -0.05) is 0 Å². The summed E-state index contributed by atoms with van der Waals surface area (Å²) in [6.45, 7) is 1.84. The Balaban J connectivity index is 2.31. The SMILES string of the molecule is O=C=NC1NCCCN1. The summed E-state index contributed by atoms with van der Waals surface area (Å²) in [6.07, 6.45) is 2.38. The summed E-state index contributed by atoms with van der Waals surface area (Å²) in [4.78, 5) is 13.2. The normalized spacial score (nSPS) is 20.9. The summed E-state index contributed by atoms with van der Waals surface area (Å²) in [5.41, 5.74) is 0. The summed E-state index contributed by atoms with van der Waals surface area (Å²) in [5.74, 6) is 0. The average molecular weight is 127 g/mol. The van der Waals surface area contributed by atoms with Gasteiger partial charge in [0.2, 0.25) is 6.08 Å². The molecule has 0 radical (unpaired) electrons. The Kier molecular flexibility index (Phi) is 2.39. The molecule has 1 aliphatic rings. The van der Waals surface area contributed by atoms with Gasteiger partial charge in [0.25, 0.3) is 0 Å². The van der Waals surface area contributed by atoms with Gasteiger partial charge in [-0.3, -0.25) is 10.6 Å². The number of hydrogen-bond donors (Lipinski definition) is 2. The van der Waals surface area contributed by atoms with E-state index in [2.05, 4.69) is 15.6 Å². The van der Waals surface area contributed by atoms with Gasteiger partial charge in [-0.25, -0.2) is 4.79 Å². The van der Waals surface area contributed by atoms with Crippen molar-refractivity contribution in [3.05, 3.63) is 0 Å². The second-order valence-corrected chi connectivity index (χ2v) is 1.88. The molecule has 0 spiro atoms. The van der Waals surface area contributed by atoms with Crippen LogP contribution < -0.4 is 10.6 Å². The molecule has 0 atom stereocenters. The third kappa shape index (κ3) is 1.93. The first-order chi connectivity index (χ1) is 4.43. The Morgan fingerprint density at radius 1 is 1.44 bits per heavy atom. The molecule has 0 aromatic heterocycles. The van der Waals surface area contributed by atoms with Crippen molar-refractivity contribution in [1.29, 1.82) is 0 Å². The number of isocyanates is 1. The van der Waals surface area contributed by atoms with Crippen LogP contribution in [-0.4, -0.2) is 25.5 Å². The van der Waals surface area contributed by atoms with Crippen LogP contribution in [0.5, 0.6) is 0 Å². The molecule has 1 rings (SSSR count). The summed E-state index contributed by atoms with van der Waals surface area (Å²) in [6, 6.07) is 0. The lowest BCUT2D eigenvalue weighted by Gasteiger charge is -2.19. The predicted molar refractivity (Wildman–Crippen MR) is 32.5 cm³/mol. The quantitative estimate of drug-likeness (QED) is 0.358. The van der Waals surface area contributed by atoms with E-state index in [0.717, 1.165) is 19.5 Å². The molecule has 1 aliphatic heterocycles. The standard InChI is InChI=1S/C5H9N3O/c9-4-8-5-6-2-1-3-7-5/h5-7H,1-3H2. The van der Waals surface area contributed by atoms with Crippen LogP contribution in [0.3, 0.4) is 0 Å². The smallest absolute Gasteiger partial charge is 0.237 e. The van der Waals surface area contributed by atoms with Crippen molar-refractivity contribution in [2.24, 2.45) is 4.99 Å². The highest BCUT2D eigenvalue weighted by atomic mass is 16.1. The highest BCUT2D eigenvalue weighted by molar-refractivity contribution is 5.33. The summed E-state index contributed by atoms with van der Waals surface area (Å²) in [7, 11) is 0. The monoisotopic (exact) mass is 127 g/mol. The molecule has 0 bridgehead atoms. The van der Waals surface area contributed by atoms with Crippen molar-refractivity contribution in [3.63, 3.8) is 0 Å². The molecule has 0 aliphatic carbocycles. The third-order valence-electron chi connectivity index (χ3n) is 1.21. The molecule has 4 nitrogen and oxygen atoms in total. The first-order valence-electron chi connectivity index (χ1n) is 2.97. The topological polar surface area (TPSA) is 53.5 Å². The van der Waals surface area contributed by atoms with E-state index < -0.39 is 0 Å². The van der Waals surface area contributed by atoms with E-state index in [0.29, 0.717) is 0 Å². The van der Waals surface area contributed by atoms with E-state index in [4.69, 9.17) is 0 Å². The Hall–Kier alpha value is -0.700. The molecular weight excluding hydrogens is 118 g/mol. The van der Waals surface area contributed by atoms with Crippen molar-refractivity contribution < 1.29 is 4.79 Å². The molecule has 9 heavy (non-hydrogen) atoms. The molecule has 0 aromatic carbocycles. The minimum Gasteiger partial charge on any atom is -0.283 e. The number of hydrogen-bond acceptors (Lipinski definition) is 4. The first-order valence-corrected chi connectivity index (χ1v) is 2.97. The molecule has 0 unspecified atom stereocenters. The largest absolute Gasteiger partial charge is 0.283 e. The Bertz CT molecular complexity index is 124. The molecule has 1 saturated heterocycles. The van der Waals surface area contributed by atoms with Crippen LogP contribution in [0.2, 0.25) is 0 Å². The van der Waals surface area contributed by atoms with Gasteiger partial charge < -0.3 is 0 Å². The maximum Gasteiger partial charge on any atom is 0.237 e. The maximum atomic E-state index is 9.70. The third-order valence-corrected chi connectivity index (χ3v) is 1.21. The van der Waals surface area contributed by atoms with Crippen LogP contribution in [0.1, 0.15) is 6.42 Å². The van der Waals surface area contributed by atoms with Crippen LogP contribution in [0.25, 0.3) is 0 Å². The van der Waals surface area contributed by atoms with Gasteiger partial charge in [-0.2, -0.15) is 4.99 Å². The molecule has 1 heterocycles. The molecule has 1 fully saturated rings. The lowest BCUT2D eigenvalue weighted by Crippen LogP contribution is -2.46. The molecular formula is C5H9N3O. The highest BCUT2D eigenvalue weighted by Gasteiger charge is 2.07. The average Bonchev–Trinajstić information content (AvgIpc) is 1.91. The minimum absolute atomic E-state index is 0.198. The fourth-order valence-corrected chi connectivity index (χ4v) is 0.782. The number of rotatable bonds is 1. The van der Waals surface area contributed by atoms with E-state index in [-0.39, 0.29) is 6.29 Å². The van der Waals surface area contributed by atoms with Crippen LogP contribution >= 0.6 is 0 Å². The highest BCUT2D eigenvalue weighted by Crippen LogP contribution is 1.87. The lowest BCUT2D eigenvalue weighted by atomic mass is 10.4. The van der Waals surface area contributed by atoms with E-state index in [1.165, 1.54) is 6.08 Å². The van der Waals surface area contributed by atoms with Crippen molar-refractivity contribution in [1.82, 2.24) is 10.6 Å². The van der Waals surface area contributed by atoms with Crippen LogP contribution in [-0.2, 0) is 4.79 Å². The lowest BCUT2D eigenvalue weighted by molar-refractivity contribution is 0.379. The van der Waals surface area contributed by atoms with Gasteiger partial charge in [0, 0.05) is 0 Å². The number of carbonyl (C=O) groups excluding carboxylic acids is 1. The van der Waals surface area contributed by atoms with E-state index in [9.17, 15) is 4.79 Å². The zero-order chi connectivity index (χ0) is 6.53. The minimum atomic E-state index is -0.198. The molecule has 0 saturated carbocycles. The number of nitrogens with zero attached hydrogens (tertiary/aromatic N) is 1. The van der Waals surface area contributed by atoms with Crippen molar-refractivity contribution in [3.8, 4) is 0 Å². The Labute approximate surface area is 53.3 Å². The first kappa shape index (κ1) is 6.42. The van der Waals surface area contributed by atoms with Gasteiger partial charge >= 0.3 is 0 Å². The maximum absolute atomic E-state index is 9.70. The predicted octanol–water partition coefficient (Wildman–Crippen LogP) is -0.811. The van der Waals surface area contributed by atoms with Crippen molar-refractivity contribution in [2.45, 2.75) is 12.7 Å². The van der Waals surface area contributed by atoms with Gasteiger partial charge in [0.05, 0.1) is 0 Å². The summed E-state index contributed by atoms with van der Waals surface area (Å²) >= 11 is 0. The van der Waals surface area contributed by atoms with Crippen LogP contribution in [0.4, 0.5) is 0 Å². The van der Waals surface area contributed by atoms with E-state index in [1.54, 1.807) is 0 Å². The fraction of sp³-hybridized carbons (Fsp3) is 0.800.